The molecule has 0 unspecified atom stereocenters. The predicted molar refractivity (Wildman–Crippen MR) is 54.7 cm³/mol. The van der Waals surface area contributed by atoms with E-state index in [1.807, 2.05) is 31.2 Å². The normalized spacial score (nSPS) is 10.2. The highest BCUT2D eigenvalue weighted by Crippen LogP contribution is 2.23. The number of methoxy groups -OCH3 is 1. The van der Waals surface area contributed by atoms with Crippen molar-refractivity contribution in [3.63, 3.8) is 0 Å². The number of rotatable bonds is 3. The number of benzene rings is 1. The zero-order valence-electron chi connectivity index (χ0n) is 8.16. The van der Waals surface area contributed by atoms with E-state index in [0.29, 0.717) is 5.69 Å². The monoisotopic (exact) mass is 181 g/mol. The molecule has 0 saturated heterocycles. The summed E-state index contributed by atoms with van der Waals surface area (Å²) in [6, 6.07) is 5.53. The van der Waals surface area contributed by atoms with Crippen LogP contribution in [0.25, 0.3) is 0 Å². The summed E-state index contributed by atoms with van der Waals surface area (Å²) in [7, 11) is 5.43. The van der Waals surface area contributed by atoms with Crippen LogP contribution in [0.1, 0.15) is 0 Å². The third kappa shape index (κ3) is 2.52. The van der Waals surface area contributed by atoms with E-state index >= 15 is 0 Å². The van der Waals surface area contributed by atoms with Gasteiger partial charge in [-0.15, -0.1) is 0 Å². The minimum absolute atomic E-state index is 0.674. The lowest BCUT2D eigenvalue weighted by atomic mass is 10.2. The molecule has 0 atom stereocenters. The second-order valence-electron chi connectivity index (χ2n) is 2.96. The Hall–Kier alpha value is -1.42. The fourth-order valence-electron chi connectivity index (χ4n) is 1.01. The molecule has 0 heterocycles. The fourth-order valence-corrected chi connectivity index (χ4v) is 1.01. The van der Waals surface area contributed by atoms with Crippen LogP contribution in [0.3, 0.4) is 0 Å². The van der Waals surface area contributed by atoms with E-state index in [1.165, 1.54) is 0 Å². The van der Waals surface area contributed by atoms with Crippen LogP contribution < -0.4 is 15.9 Å². The van der Waals surface area contributed by atoms with Gasteiger partial charge in [-0.25, -0.2) is 5.01 Å². The van der Waals surface area contributed by atoms with Crippen LogP contribution in [0.2, 0.25) is 0 Å². The summed E-state index contributed by atoms with van der Waals surface area (Å²) in [4.78, 5) is 0. The molecule has 1 rings (SSSR count). The van der Waals surface area contributed by atoms with Gasteiger partial charge < -0.3 is 15.9 Å². The summed E-state index contributed by atoms with van der Waals surface area (Å²) < 4.78 is 5.03. The average Bonchev–Trinajstić information content (AvgIpc) is 2.08. The van der Waals surface area contributed by atoms with E-state index in [1.54, 1.807) is 13.2 Å². The molecule has 0 spiro atoms. The second-order valence-corrected chi connectivity index (χ2v) is 2.96. The van der Waals surface area contributed by atoms with E-state index in [4.69, 9.17) is 10.5 Å². The Balaban J connectivity index is 2.85. The quantitative estimate of drug-likeness (QED) is 0.543. The van der Waals surface area contributed by atoms with Crippen molar-refractivity contribution >= 4 is 11.4 Å². The molecule has 72 valence electrons. The third-order valence-corrected chi connectivity index (χ3v) is 1.60. The lowest BCUT2D eigenvalue weighted by Crippen LogP contribution is -2.20. The Morgan fingerprint density at radius 1 is 1.38 bits per heavy atom. The third-order valence-electron chi connectivity index (χ3n) is 1.60. The van der Waals surface area contributed by atoms with Crippen LogP contribution in [-0.4, -0.2) is 26.2 Å². The summed E-state index contributed by atoms with van der Waals surface area (Å²) >= 11 is 0. The maximum Gasteiger partial charge on any atom is 0.121 e. The van der Waals surface area contributed by atoms with E-state index in [-0.39, 0.29) is 0 Å². The first kappa shape index (κ1) is 9.67. The summed E-state index contributed by atoms with van der Waals surface area (Å²) in [5, 5.41) is 1.83. The summed E-state index contributed by atoms with van der Waals surface area (Å²) in [6.07, 6.45) is 0. The van der Waals surface area contributed by atoms with Gasteiger partial charge in [0.2, 0.25) is 0 Å². The molecule has 0 radical (unpaired) electrons. The lowest BCUT2D eigenvalue weighted by molar-refractivity contribution is 0.415. The number of ether oxygens (including phenoxy) is 1. The summed E-state index contributed by atoms with van der Waals surface area (Å²) in [6.45, 7) is 0. The zero-order valence-corrected chi connectivity index (χ0v) is 8.16. The molecule has 1 aromatic rings. The number of hydrazine groups is 1. The van der Waals surface area contributed by atoms with Crippen molar-refractivity contribution in [2.24, 2.45) is 0 Å². The van der Waals surface area contributed by atoms with Gasteiger partial charge in [0.05, 0.1) is 18.5 Å². The topological polar surface area (TPSA) is 50.5 Å². The molecule has 0 aliphatic carbocycles. The molecular formula is C9H15N3O. The molecule has 0 fully saturated rings. The Labute approximate surface area is 78.3 Å². The molecule has 0 amide bonds. The van der Waals surface area contributed by atoms with E-state index in [9.17, 15) is 0 Å². The highest BCUT2D eigenvalue weighted by molar-refractivity contribution is 5.67. The van der Waals surface area contributed by atoms with Crippen LogP contribution in [0, 0.1) is 0 Å². The summed E-state index contributed by atoms with van der Waals surface area (Å²) in [5.41, 5.74) is 10.4. The van der Waals surface area contributed by atoms with Gasteiger partial charge in [-0.05, 0) is 12.1 Å². The number of nitrogen functional groups attached to an aromatic ring is 1. The fraction of sp³-hybridized carbons (Fsp3) is 0.333. The van der Waals surface area contributed by atoms with Crippen LogP contribution in [0.4, 0.5) is 11.4 Å². The van der Waals surface area contributed by atoms with E-state index in [2.05, 4.69) is 5.43 Å². The van der Waals surface area contributed by atoms with Crippen molar-refractivity contribution in [1.29, 1.82) is 0 Å². The Morgan fingerprint density at radius 2 is 2.08 bits per heavy atom. The van der Waals surface area contributed by atoms with Gasteiger partial charge in [0.1, 0.15) is 5.75 Å². The number of hydrogen-bond acceptors (Lipinski definition) is 4. The van der Waals surface area contributed by atoms with Crippen molar-refractivity contribution in [1.82, 2.24) is 5.01 Å². The second kappa shape index (κ2) is 4.00. The molecule has 13 heavy (non-hydrogen) atoms. The maximum absolute atomic E-state index is 5.78. The minimum atomic E-state index is 0.674. The zero-order chi connectivity index (χ0) is 9.84. The molecule has 4 heteroatoms. The van der Waals surface area contributed by atoms with E-state index < -0.39 is 0 Å². The van der Waals surface area contributed by atoms with Gasteiger partial charge in [0.25, 0.3) is 0 Å². The van der Waals surface area contributed by atoms with Gasteiger partial charge >= 0.3 is 0 Å². The molecule has 0 aromatic heterocycles. The van der Waals surface area contributed by atoms with Gasteiger partial charge in [0.15, 0.2) is 0 Å². The average molecular weight is 181 g/mol. The number of hydrogen-bond donors (Lipinski definition) is 2. The highest BCUT2D eigenvalue weighted by Gasteiger charge is 2.00. The molecule has 0 aliphatic rings. The van der Waals surface area contributed by atoms with Crippen molar-refractivity contribution < 1.29 is 4.74 Å². The van der Waals surface area contributed by atoms with Crippen molar-refractivity contribution in [2.45, 2.75) is 0 Å². The van der Waals surface area contributed by atoms with Gasteiger partial charge in [0, 0.05) is 20.2 Å². The molecular weight excluding hydrogens is 166 g/mol. The predicted octanol–water partition coefficient (Wildman–Crippen LogP) is 1.17. The lowest BCUT2D eigenvalue weighted by Gasteiger charge is -2.15. The first-order chi connectivity index (χ1) is 6.13. The SMILES string of the molecule is COc1ccc(NN(C)C)c(N)c1. The Morgan fingerprint density at radius 3 is 2.54 bits per heavy atom. The van der Waals surface area contributed by atoms with Crippen LogP contribution >= 0.6 is 0 Å². The van der Waals surface area contributed by atoms with Crippen molar-refractivity contribution in [3.8, 4) is 5.75 Å². The van der Waals surface area contributed by atoms with Gasteiger partial charge in [-0.1, -0.05) is 0 Å². The van der Waals surface area contributed by atoms with Crippen LogP contribution in [0.5, 0.6) is 5.75 Å². The molecule has 0 bridgehead atoms. The molecule has 3 N–H and O–H groups in total. The first-order valence-corrected chi connectivity index (χ1v) is 4.01. The number of nitrogens with zero attached hydrogens (tertiary/aromatic N) is 1. The standard InChI is InChI=1S/C9H15N3O/c1-12(2)11-9-5-4-7(13-3)6-8(9)10/h4-6,11H,10H2,1-3H3. The van der Waals surface area contributed by atoms with Gasteiger partial charge in [-0.3, -0.25) is 0 Å². The Bertz CT molecular complexity index is 286. The smallest absolute Gasteiger partial charge is 0.121 e. The van der Waals surface area contributed by atoms with E-state index in [0.717, 1.165) is 11.4 Å². The highest BCUT2D eigenvalue weighted by atomic mass is 16.5. The largest absolute Gasteiger partial charge is 0.497 e. The van der Waals surface area contributed by atoms with Gasteiger partial charge in [-0.2, -0.15) is 0 Å². The van der Waals surface area contributed by atoms with Crippen LogP contribution in [0.15, 0.2) is 18.2 Å². The number of anilines is 2. The molecule has 0 saturated carbocycles. The first-order valence-electron chi connectivity index (χ1n) is 4.01. The number of nitrogens with one attached hydrogen (secondary N) is 1. The summed E-state index contributed by atoms with van der Waals surface area (Å²) in [5.74, 6) is 0.766. The molecule has 4 nitrogen and oxygen atoms in total. The Kier molecular flexibility index (Phi) is 2.97. The molecule has 0 aliphatic heterocycles. The minimum Gasteiger partial charge on any atom is -0.497 e. The van der Waals surface area contributed by atoms with Crippen LogP contribution in [-0.2, 0) is 0 Å². The number of nitrogens with two attached hydrogens (primary N) is 1. The molecule has 1 aromatic carbocycles. The van der Waals surface area contributed by atoms with Crippen molar-refractivity contribution in [2.75, 3.05) is 32.4 Å². The van der Waals surface area contributed by atoms with Crippen molar-refractivity contribution in [3.05, 3.63) is 18.2 Å². The maximum atomic E-state index is 5.78.